The van der Waals surface area contributed by atoms with Crippen molar-refractivity contribution >= 4 is 0 Å². The lowest BCUT2D eigenvalue weighted by Crippen LogP contribution is -2.02. The molecule has 78 valence electrons. The predicted octanol–water partition coefficient (Wildman–Crippen LogP) is 1.28. The highest BCUT2D eigenvalue weighted by Crippen LogP contribution is 2.24. The first-order valence-corrected chi connectivity index (χ1v) is 4.48. The van der Waals surface area contributed by atoms with Gasteiger partial charge in [0.15, 0.2) is 5.75 Å². The normalized spacial score (nSPS) is 9.64. The Hall–Kier alpha value is -1.52. The van der Waals surface area contributed by atoms with E-state index in [-0.39, 0.29) is 0 Å². The van der Waals surface area contributed by atoms with Gasteiger partial charge in [0.05, 0.1) is 26.5 Å². The summed E-state index contributed by atoms with van der Waals surface area (Å²) in [6.07, 6.45) is 1.53. The highest BCUT2D eigenvalue weighted by atomic mass is 16.5. The van der Waals surface area contributed by atoms with Gasteiger partial charge in [0, 0.05) is 0 Å². The molecule has 1 rings (SSSR count). The highest BCUT2D eigenvalue weighted by molar-refractivity contribution is 5.31. The monoisotopic (exact) mass is 198 g/mol. The van der Waals surface area contributed by atoms with Gasteiger partial charge in [-0.15, -0.1) is 0 Å². The lowest BCUT2D eigenvalue weighted by Gasteiger charge is -2.08. The van der Waals surface area contributed by atoms with Crippen LogP contribution in [-0.4, -0.2) is 30.3 Å². The van der Waals surface area contributed by atoms with E-state index in [1.807, 2.05) is 13.8 Å². The zero-order valence-corrected chi connectivity index (χ0v) is 8.61. The largest absolute Gasteiger partial charge is 0.490 e. The Morgan fingerprint density at radius 3 is 2.50 bits per heavy atom. The van der Waals surface area contributed by atoms with Crippen molar-refractivity contribution in [1.82, 2.24) is 9.97 Å². The molecule has 1 aromatic heterocycles. The van der Waals surface area contributed by atoms with Crippen LogP contribution < -0.4 is 14.2 Å². The van der Waals surface area contributed by atoms with Crippen LogP contribution in [0.25, 0.3) is 0 Å². The van der Waals surface area contributed by atoms with E-state index < -0.39 is 0 Å². The number of hydrogen-bond acceptors (Lipinski definition) is 5. The van der Waals surface area contributed by atoms with E-state index in [9.17, 15) is 0 Å². The smallest absolute Gasteiger partial charge is 0.319 e. The molecule has 0 aliphatic rings. The Morgan fingerprint density at radius 1 is 1.21 bits per heavy atom. The quantitative estimate of drug-likeness (QED) is 0.713. The minimum atomic E-state index is 0.303. The molecule has 0 atom stereocenters. The highest BCUT2D eigenvalue weighted by Gasteiger charge is 2.08. The van der Waals surface area contributed by atoms with Crippen LogP contribution in [0.3, 0.4) is 0 Å². The fourth-order valence-electron chi connectivity index (χ4n) is 0.919. The molecule has 0 saturated heterocycles. The number of aromatic nitrogens is 2. The van der Waals surface area contributed by atoms with Gasteiger partial charge in [0.25, 0.3) is 5.88 Å². The van der Waals surface area contributed by atoms with Gasteiger partial charge in [-0.05, 0) is 13.8 Å². The Kier molecular flexibility index (Phi) is 3.97. The SMILES string of the molecule is CCOc1ncc(OC)c(OCC)n1. The molecule has 0 unspecified atom stereocenters. The molecule has 0 aliphatic heterocycles. The third-order valence-corrected chi connectivity index (χ3v) is 1.47. The number of nitrogens with zero attached hydrogens (tertiary/aromatic N) is 2. The topological polar surface area (TPSA) is 53.5 Å². The fourth-order valence-corrected chi connectivity index (χ4v) is 0.919. The van der Waals surface area contributed by atoms with Crippen LogP contribution in [0, 0.1) is 0 Å². The summed E-state index contributed by atoms with van der Waals surface area (Å²) in [5.41, 5.74) is 0. The van der Waals surface area contributed by atoms with Gasteiger partial charge in [0.1, 0.15) is 0 Å². The standard InChI is InChI=1S/C9H14N2O3/c1-4-13-8-7(12-3)6-10-9(11-8)14-5-2/h6H,4-5H2,1-3H3. The van der Waals surface area contributed by atoms with Crippen LogP contribution in [0.5, 0.6) is 17.6 Å². The van der Waals surface area contributed by atoms with Crippen molar-refractivity contribution in [3.05, 3.63) is 6.20 Å². The summed E-state index contributed by atoms with van der Waals surface area (Å²) in [5.74, 6) is 0.920. The number of ether oxygens (including phenoxy) is 3. The van der Waals surface area contributed by atoms with Gasteiger partial charge in [-0.25, -0.2) is 0 Å². The van der Waals surface area contributed by atoms with E-state index in [0.29, 0.717) is 30.9 Å². The van der Waals surface area contributed by atoms with Crippen LogP contribution >= 0.6 is 0 Å². The summed E-state index contributed by atoms with van der Waals surface area (Å²) in [6, 6.07) is 0.303. The number of rotatable bonds is 5. The fraction of sp³-hybridized carbons (Fsp3) is 0.556. The minimum absolute atomic E-state index is 0.303. The second kappa shape index (κ2) is 5.26. The third kappa shape index (κ3) is 2.48. The number of methoxy groups -OCH3 is 1. The third-order valence-electron chi connectivity index (χ3n) is 1.47. The van der Waals surface area contributed by atoms with Gasteiger partial charge in [-0.2, -0.15) is 9.97 Å². The molecule has 1 heterocycles. The average Bonchev–Trinajstić information content (AvgIpc) is 2.19. The lowest BCUT2D eigenvalue weighted by atomic mass is 10.5. The van der Waals surface area contributed by atoms with Crippen molar-refractivity contribution < 1.29 is 14.2 Å². The molecule has 5 nitrogen and oxygen atoms in total. The lowest BCUT2D eigenvalue weighted by molar-refractivity contribution is 0.272. The Morgan fingerprint density at radius 2 is 1.93 bits per heavy atom. The van der Waals surface area contributed by atoms with Gasteiger partial charge >= 0.3 is 6.01 Å². The molecule has 0 saturated carbocycles. The summed E-state index contributed by atoms with van der Waals surface area (Å²) in [7, 11) is 1.54. The van der Waals surface area contributed by atoms with Crippen molar-refractivity contribution in [2.45, 2.75) is 13.8 Å². The molecule has 5 heteroatoms. The maximum absolute atomic E-state index is 5.26. The molecular weight excluding hydrogens is 184 g/mol. The zero-order chi connectivity index (χ0) is 10.4. The van der Waals surface area contributed by atoms with Crippen LogP contribution in [0.15, 0.2) is 6.20 Å². The van der Waals surface area contributed by atoms with Crippen LogP contribution in [0.1, 0.15) is 13.8 Å². The van der Waals surface area contributed by atoms with Crippen molar-refractivity contribution in [3.63, 3.8) is 0 Å². The molecule has 0 amide bonds. The predicted molar refractivity (Wildman–Crippen MR) is 50.9 cm³/mol. The Bertz CT molecular complexity index is 291. The van der Waals surface area contributed by atoms with Gasteiger partial charge < -0.3 is 14.2 Å². The first-order chi connectivity index (χ1) is 6.81. The Labute approximate surface area is 83.0 Å². The molecule has 0 aliphatic carbocycles. The molecule has 0 N–H and O–H groups in total. The molecule has 0 spiro atoms. The summed E-state index contributed by atoms with van der Waals surface area (Å²) in [5, 5.41) is 0. The summed E-state index contributed by atoms with van der Waals surface area (Å²) in [4.78, 5) is 7.99. The molecule has 0 aromatic carbocycles. The van der Waals surface area contributed by atoms with Gasteiger partial charge in [0.2, 0.25) is 0 Å². The molecule has 0 fully saturated rings. The van der Waals surface area contributed by atoms with E-state index in [1.54, 1.807) is 7.11 Å². The van der Waals surface area contributed by atoms with Gasteiger partial charge in [-0.3, -0.25) is 0 Å². The molecule has 0 radical (unpaired) electrons. The van der Waals surface area contributed by atoms with E-state index in [0.717, 1.165) is 0 Å². The van der Waals surface area contributed by atoms with Crippen molar-refractivity contribution in [3.8, 4) is 17.6 Å². The second-order valence-corrected chi connectivity index (χ2v) is 2.39. The summed E-state index contributed by atoms with van der Waals surface area (Å²) in [6.45, 7) is 4.80. The van der Waals surface area contributed by atoms with Crippen molar-refractivity contribution in [2.75, 3.05) is 20.3 Å². The van der Waals surface area contributed by atoms with E-state index in [1.165, 1.54) is 6.20 Å². The van der Waals surface area contributed by atoms with Gasteiger partial charge in [-0.1, -0.05) is 0 Å². The second-order valence-electron chi connectivity index (χ2n) is 2.39. The maximum atomic E-state index is 5.26. The molecule has 14 heavy (non-hydrogen) atoms. The van der Waals surface area contributed by atoms with Crippen LogP contribution in [-0.2, 0) is 0 Å². The average molecular weight is 198 g/mol. The molecule has 1 aromatic rings. The van der Waals surface area contributed by atoms with Crippen LogP contribution in [0.2, 0.25) is 0 Å². The maximum Gasteiger partial charge on any atom is 0.319 e. The molecule has 0 bridgehead atoms. The van der Waals surface area contributed by atoms with Crippen molar-refractivity contribution in [1.29, 1.82) is 0 Å². The van der Waals surface area contributed by atoms with Crippen LogP contribution in [0.4, 0.5) is 0 Å². The zero-order valence-electron chi connectivity index (χ0n) is 8.61. The molecular formula is C9H14N2O3. The first kappa shape index (κ1) is 10.6. The van der Waals surface area contributed by atoms with E-state index in [2.05, 4.69) is 9.97 Å². The number of hydrogen-bond donors (Lipinski definition) is 0. The Balaban J connectivity index is 2.88. The van der Waals surface area contributed by atoms with E-state index in [4.69, 9.17) is 14.2 Å². The summed E-state index contributed by atoms with van der Waals surface area (Å²) < 4.78 is 15.4. The first-order valence-electron chi connectivity index (χ1n) is 4.48. The minimum Gasteiger partial charge on any atom is -0.490 e. The summed E-state index contributed by atoms with van der Waals surface area (Å²) >= 11 is 0. The van der Waals surface area contributed by atoms with E-state index >= 15 is 0 Å². The van der Waals surface area contributed by atoms with Crippen molar-refractivity contribution in [2.24, 2.45) is 0 Å².